The highest BCUT2D eigenvalue weighted by molar-refractivity contribution is 5.93. The molecular weight excluding hydrogens is 376 g/mol. The Bertz CT molecular complexity index is 1260. The van der Waals surface area contributed by atoms with E-state index in [1.165, 1.54) is 18.4 Å². The second-order valence-electron chi connectivity index (χ2n) is 8.26. The molecule has 6 nitrogen and oxygen atoms in total. The number of hydrogen-bond donors (Lipinski definition) is 2. The second kappa shape index (κ2) is 6.64. The van der Waals surface area contributed by atoms with Crippen molar-refractivity contribution in [2.75, 3.05) is 7.11 Å². The number of nitrogens with one attached hydrogen (secondary N) is 1. The molecule has 1 saturated carbocycles. The first-order chi connectivity index (χ1) is 14.7. The molecule has 150 valence electrons. The third-order valence-corrected chi connectivity index (χ3v) is 6.20. The van der Waals surface area contributed by atoms with Crippen LogP contribution < -0.4 is 4.74 Å². The normalized spacial score (nSPS) is 18.0. The standard InChI is InChI=1S/C24H22N4O2/c1-30-21-11-20-24(22(28-27-20)15-7-8-19(25-12-15)13-5-6-13)26-23(21)17-4-2-3-14-9-16(29)10-18(14)17/h2-4,7-8,11-13,16,29H,5-6,9-10H2,1H3,(H,27,28). The number of benzene rings is 1. The van der Waals surface area contributed by atoms with Gasteiger partial charge in [-0.3, -0.25) is 10.1 Å². The zero-order valence-electron chi connectivity index (χ0n) is 16.7. The van der Waals surface area contributed by atoms with Gasteiger partial charge >= 0.3 is 0 Å². The Balaban J connectivity index is 1.50. The first kappa shape index (κ1) is 17.6. The van der Waals surface area contributed by atoms with Crippen LogP contribution in [0.25, 0.3) is 33.5 Å². The van der Waals surface area contributed by atoms with Crippen molar-refractivity contribution in [1.82, 2.24) is 20.2 Å². The Kier molecular flexibility index (Phi) is 3.89. The molecule has 6 rings (SSSR count). The average molecular weight is 398 g/mol. The maximum Gasteiger partial charge on any atom is 0.147 e. The van der Waals surface area contributed by atoms with Crippen molar-refractivity contribution in [2.45, 2.75) is 37.7 Å². The van der Waals surface area contributed by atoms with Crippen LogP contribution in [0, 0.1) is 0 Å². The number of fused-ring (bicyclic) bond motifs is 2. The van der Waals surface area contributed by atoms with Crippen LogP contribution in [0.3, 0.4) is 0 Å². The van der Waals surface area contributed by atoms with Gasteiger partial charge in [0.2, 0.25) is 0 Å². The maximum atomic E-state index is 10.2. The number of pyridine rings is 2. The van der Waals surface area contributed by atoms with Gasteiger partial charge in [0.25, 0.3) is 0 Å². The summed E-state index contributed by atoms with van der Waals surface area (Å²) in [6, 6.07) is 12.3. The summed E-state index contributed by atoms with van der Waals surface area (Å²) in [5.41, 5.74) is 8.63. The number of rotatable bonds is 4. The fourth-order valence-electron chi connectivity index (χ4n) is 4.50. The summed E-state index contributed by atoms with van der Waals surface area (Å²) in [4.78, 5) is 9.64. The van der Waals surface area contributed by atoms with Crippen LogP contribution in [-0.2, 0) is 12.8 Å². The van der Waals surface area contributed by atoms with Gasteiger partial charge in [-0.1, -0.05) is 18.2 Å². The quantitative estimate of drug-likeness (QED) is 0.542. The summed E-state index contributed by atoms with van der Waals surface area (Å²) in [7, 11) is 1.65. The molecule has 6 heteroatoms. The number of aromatic amines is 1. The van der Waals surface area contributed by atoms with Crippen molar-refractivity contribution in [3.05, 3.63) is 59.4 Å². The minimum absolute atomic E-state index is 0.337. The molecule has 0 aliphatic heterocycles. The Morgan fingerprint density at radius 1 is 1.10 bits per heavy atom. The number of methoxy groups -OCH3 is 1. The molecule has 2 aliphatic rings. The van der Waals surface area contributed by atoms with Crippen molar-refractivity contribution in [1.29, 1.82) is 0 Å². The summed E-state index contributed by atoms with van der Waals surface area (Å²) >= 11 is 0. The van der Waals surface area contributed by atoms with Crippen LogP contribution >= 0.6 is 0 Å². The van der Waals surface area contributed by atoms with E-state index in [2.05, 4.69) is 39.4 Å². The molecule has 0 radical (unpaired) electrons. The first-order valence-electron chi connectivity index (χ1n) is 10.4. The predicted octanol–water partition coefficient (Wildman–Crippen LogP) is 4.03. The van der Waals surface area contributed by atoms with Gasteiger partial charge in [0, 0.05) is 35.0 Å². The third-order valence-electron chi connectivity index (χ3n) is 6.20. The lowest BCUT2D eigenvalue weighted by Gasteiger charge is -2.12. The van der Waals surface area contributed by atoms with Crippen molar-refractivity contribution < 1.29 is 9.84 Å². The van der Waals surface area contributed by atoms with Crippen LogP contribution in [0.15, 0.2) is 42.6 Å². The SMILES string of the molecule is COc1cc2[nH]nc(-c3ccc(C4CC4)nc3)c2nc1-c1cccc2c1CC(O)C2. The van der Waals surface area contributed by atoms with Crippen LogP contribution in [0.4, 0.5) is 0 Å². The van der Waals surface area contributed by atoms with E-state index < -0.39 is 0 Å². The molecule has 1 atom stereocenters. The lowest BCUT2D eigenvalue weighted by molar-refractivity contribution is 0.187. The topological polar surface area (TPSA) is 83.9 Å². The molecule has 0 amide bonds. The zero-order chi connectivity index (χ0) is 20.2. The van der Waals surface area contributed by atoms with Gasteiger partial charge < -0.3 is 9.84 Å². The van der Waals surface area contributed by atoms with Crippen LogP contribution in [0.2, 0.25) is 0 Å². The summed E-state index contributed by atoms with van der Waals surface area (Å²) in [5.74, 6) is 1.31. The molecule has 2 aliphatic carbocycles. The average Bonchev–Trinajstić information content (AvgIpc) is 3.43. The molecule has 2 N–H and O–H groups in total. The number of aliphatic hydroxyl groups is 1. The van der Waals surface area contributed by atoms with Crippen LogP contribution in [0.5, 0.6) is 5.75 Å². The molecule has 0 saturated heterocycles. The maximum absolute atomic E-state index is 10.2. The molecule has 1 aromatic carbocycles. The minimum Gasteiger partial charge on any atom is -0.494 e. The Labute approximate surface area is 174 Å². The zero-order valence-corrected chi connectivity index (χ0v) is 16.7. The molecule has 4 aromatic rings. The summed E-state index contributed by atoms with van der Waals surface area (Å²) in [6.45, 7) is 0. The van der Waals surface area contributed by atoms with Crippen LogP contribution in [-0.4, -0.2) is 38.5 Å². The molecule has 1 fully saturated rings. The smallest absolute Gasteiger partial charge is 0.147 e. The molecule has 30 heavy (non-hydrogen) atoms. The molecular formula is C24H22N4O2. The molecule has 3 aromatic heterocycles. The largest absolute Gasteiger partial charge is 0.494 e. The Morgan fingerprint density at radius 3 is 2.77 bits per heavy atom. The van der Waals surface area contributed by atoms with E-state index in [0.717, 1.165) is 44.8 Å². The molecule has 0 bridgehead atoms. The summed E-state index contributed by atoms with van der Waals surface area (Å²) in [6.07, 6.45) is 5.35. The van der Waals surface area contributed by atoms with Gasteiger partial charge in [-0.2, -0.15) is 5.10 Å². The highest BCUT2D eigenvalue weighted by atomic mass is 16.5. The lowest BCUT2D eigenvalue weighted by Crippen LogP contribution is -2.04. The van der Waals surface area contributed by atoms with Gasteiger partial charge in [0.15, 0.2) is 0 Å². The van der Waals surface area contributed by atoms with E-state index >= 15 is 0 Å². The van der Waals surface area contributed by atoms with Crippen molar-refractivity contribution in [3.63, 3.8) is 0 Å². The first-order valence-corrected chi connectivity index (χ1v) is 10.4. The molecule has 3 heterocycles. The van der Waals surface area contributed by atoms with Gasteiger partial charge in [0.05, 0.1) is 18.7 Å². The lowest BCUT2D eigenvalue weighted by atomic mass is 9.99. The highest BCUT2D eigenvalue weighted by Crippen LogP contribution is 2.40. The van der Waals surface area contributed by atoms with Crippen molar-refractivity contribution >= 4 is 11.0 Å². The number of aromatic nitrogens is 4. The molecule has 0 spiro atoms. The Morgan fingerprint density at radius 2 is 2.00 bits per heavy atom. The second-order valence-corrected chi connectivity index (χ2v) is 8.26. The highest BCUT2D eigenvalue weighted by Gasteiger charge is 2.26. The number of H-pyrrole nitrogens is 1. The van der Waals surface area contributed by atoms with Gasteiger partial charge in [0.1, 0.15) is 22.7 Å². The van der Waals surface area contributed by atoms with E-state index in [-0.39, 0.29) is 6.10 Å². The predicted molar refractivity (Wildman–Crippen MR) is 114 cm³/mol. The van der Waals surface area contributed by atoms with Crippen molar-refractivity contribution in [3.8, 4) is 28.3 Å². The van der Waals surface area contributed by atoms with Gasteiger partial charge in [-0.15, -0.1) is 0 Å². The minimum atomic E-state index is -0.337. The van der Waals surface area contributed by atoms with E-state index in [1.54, 1.807) is 7.11 Å². The Hall–Kier alpha value is -3.25. The van der Waals surface area contributed by atoms with Gasteiger partial charge in [-0.05, 0) is 48.9 Å². The van der Waals surface area contributed by atoms with E-state index in [4.69, 9.17) is 9.72 Å². The number of aliphatic hydroxyl groups excluding tert-OH is 1. The fourth-order valence-corrected chi connectivity index (χ4v) is 4.50. The fraction of sp³-hybridized carbons (Fsp3) is 0.292. The van der Waals surface area contributed by atoms with Crippen LogP contribution in [0.1, 0.15) is 35.6 Å². The van der Waals surface area contributed by atoms with E-state index in [1.807, 2.05) is 18.3 Å². The van der Waals surface area contributed by atoms with Crippen molar-refractivity contribution in [2.24, 2.45) is 0 Å². The number of hydrogen-bond acceptors (Lipinski definition) is 5. The number of nitrogens with zero attached hydrogens (tertiary/aromatic N) is 3. The van der Waals surface area contributed by atoms with E-state index in [9.17, 15) is 5.11 Å². The molecule has 1 unspecified atom stereocenters. The monoisotopic (exact) mass is 398 g/mol. The number of ether oxygens (including phenoxy) is 1. The summed E-state index contributed by atoms with van der Waals surface area (Å²) in [5, 5.41) is 17.8. The van der Waals surface area contributed by atoms with E-state index in [0.29, 0.717) is 24.5 Å². The third kappa shape index (κ3) is 2.79. The van der Waals surface area contributed by atoms with Gasteiger partial charge in [-0.25, -0.2) is 4.98 Å². The summed E-state index contributed by atoms with van der Waals surface area (Å²) < 4.78 is 5.67.